The third kappa shape index (κ3) is 2.67. The Morgan fingerprint density at radius 2 is 1.52 bits per heavy atom. The highest BCUT2D eigenvalue weighted by molar-refractivity contribution is 7.98. The predicted molar refractivity (Wildman–Crippen MR) is 83.8 cm³/mol. The van der Waals surface area contributed by atoms with Gasteiger partial charge in [0.15, 0.2) is 5.69 Å². The molecule has 0 aliphatic rings. The quantitative estimate of drug-likeness (QED) is 0.747. The molecule has 21 heavy (non-hydrogen) atoms. The van der Waals surface area contributed by atoms with E-state index in [9.17, 15) is 0 Å². The van der Waals surface area contributed by atoms with E-state index >= 15 is 0 Å². The molecule has 0 atom stereocenters. The van der Waals surface area contributed by atoms with Crippen LogP contribution in [-0.2, 0) is 0 Å². The van der Waals surface area contributed by atoms with E-state index in [0.717, 1.165) is 11.1 Å². The highest BCUT2D eigenvalue weighted by atomic mass is 32.2. The maximum absolute atomic E-state index is 8.99. The summed E-state index contributed by atoms with van der Waals surface area (Å²) in [5.41, 5.74) is 4.15. The van der Waals surface area contributed by atoms with Gasteiger partial charge in [-0.15, -0.1) is 16.9 Å². The molecule has 0 unspecified atom stereocenters. The van der Waals surface area contributed by atoms with Gasteiger partial charge in [-0.3, -0.25) is 0 Å². The summed E-state index contributed by atoms with van der Waals surface area (Å²) in [6.07, 6.45) is 2.06. The van der Waals surface area contributed by atoms with Crippen LogP contribution in [0.5, 0.6) is 0 Å². The van der Waals surface area contributed by atoms with Gasteiger partial charge in [0.2, 0.25) is 0 Å². The second-order valence-corrected chi connectivity index (χ2v) is 5.33. The molecular formula is C16H12N4S. The Balaban J connectivity index is 1.92. The van der Waals surface area contributed by atoms with Gasteiger partial charge in [-0.1, -0.05) is 41.6 Å². The van der Waals surface area contributed by atoms with Gasteiger partial charge in [0.25, 0.3) is 0 Å². The Hall–Kier alpha value is -2.58. The Morgan fingerprint density at radius 3 is 2.10 bits per heavy atom. The van der Waals surface area contributed by atoms with E-state index in [4.69, 9.17) is 5.26 Å². The molecule has 0 fully saturated rings. The highest BCUT2D eigenvalue weighted by Gasteiger charge is 2.09. The topological polar surface area (TPSA) is 65.4 Å². The average molecular weight is 292 g/mol. The second kappa shape index (κ2) is 5.81. The lowest BCUT2D eigenvalue weighted by Crippen LogP contribution is -1.84. The summed E-state index contributed by atoms with van der Waals surface area (Å²) in [7, 11) is 0. The molecule has 0 radical (unpaired) electrons. The van der Waals surface area contributed by atoms with Crippen LogP contribution in [-0.4, -0.2) is 21.7 Å². The van der Waals surface area contributed by atoms with Gasteiger partial charge >= 0.3 is 0 Å². The number of H-pyrrole nitrogens is 1. The van der Waals surface area contributed by atoms with Crippen molar-refractivity contribution in [3.8, 4) is 28.5 Å². The summed E-state index contributed by atoms with van der Waals surface area (Å²) < 4.78 is 0. The molecule has 3 rings (SSSR count). The van der Waals surface area contributed by atoms with Crippen LogP contribution in [0.1, 0.15) is 5.69 Å². The van der Waals surface area contributed by atoms with Gasteiger partial charge < -0.3 is 0 Å². The first-order valence-electron chi connectivity index (χ1n) is 6.38. The Kier molecular flexibility index (Phi) is 3.71. The number of hydrogen-bond donors (Lipinski definition) is 1. The smallest absolute Gasteiger partial charge is 0.163 e. The molecule has 0 aliphatic heterocycles. The van der Waals surface area contributed by atoms with E-state index in [1.165, 1.54) is 10.5 Å². The van der Waals surface area contributed by atoms with Gasteiger partial charge in [0.1, 0.15) is 11.8 Å². The van der Waals surface area contributed by atoms with Crippen LogP contribution in [0.3, 0.4) is 0 Å². The lowest BCUT2D eigenvalue weighted by atomic mass is 10.0. The van der Waals surface area contributed by atoms with Crippen molar-refractivity contribution >= 4 is 11.8 Å². The minimum absolute atomic E-state index is 0.382. The number of aromatic amines is 1. The SMILES string of the molecule is CSc1ccc(-c2ccc(-c3nn[nH]c3C#N)cc2)cc1. The summed E-state index contributed by atoms with van der Waals surface area (Å²) in [5.74, 6) is 0. The molecule has 0 aliphatic carbocycles. The van der Waals surface area contributed by atoms with E-state index in [1.807, 2.05) is 24.3 Å². The first-order chi connectivity index (χ1) is 10.3. The van der Waals surface area contributed by atoms with Crippen LogP contribution in [0, 0.1) is 11.3 Å². The van der Waals surface area contributed by atoms with E-state index < -0.39 is 0 Å². The monoisotopic (exact) mass is 292 g/mol. The molecule has 2 aromatic carbocycles. The minimum Gasteiger partial charge on any atom is -0.247 e. The largest absolute Gasteiger partial charge is 0.247 e. The maximum Gasteiger partial charge on any atom is 0.163 e. The first-order valence-corrected chi connectivity index (χ1v) is 7.60. The average Bonchev–Trinajstić information content (AvgIpc) is 3.04. The number of aromatic nitrogens is 3. The van der Waals surface area contributed by atoms with Crippen molar-refractivity contribution in [2.24, 2.45) is 0 Å². The molecule has 0 saturated carbocycles. The number of hydrogen-bond acceptors (Lipinski definition) is 4. The molecular weight excluding hydrogens is 280 g/mol. The fraction of sp³-hybridized carbons (Fsp3) is 0.0625. The molecule has 102 valence electrons. The fourth-order valence-electron chi connectivity index (χ4n) is 2.11. The molecule has 1 N–H and O–H groups in total. The van der Waals surface area contributed by atoms with Gasteiger partial charge in [-0.25, -0.2) is 5.10 Å². The van der Waals surface area contributed by atoms with Crippen LogP contribution in [0.4, 0.5) is 0 Å². The van der Waals surface area contributed by atoms with E-state index in [0.29, 0.717) is 11.4 Å². The number of benzene rings is 2. The van der Waals surface area contributed by atoms with Gasteiger partial charge in [0, 0.05) is 10.5 Å². The predicted octanol–water partition coefficient (Wildman–Crippen LogP) is 3.73. The van der Waals surface area contributed by atoms with Crippen LogP contribution in [0.25, 0.3) is 22.4 Å². The fourth-order valence-corrected chi connectivity index (χ4v) is 2.52. The molecule has 3 aromatic rings. The highest BCUT2D eigenvalue weighted by Crippen LogP contribution is 2.26. The number of rotatable bonds is 3. The van der Waals surface area contributed by atoms with Gasteiger partial charge in [-0.2, -0.15) is 5.26 Å². The van der Waals surface area contributed by atoms with E-state index in [1.54, 1.807) is 11.8 Å². The number of nitrogens with zero attached hydrogens (tertiary/aromatic N) is 3. The van der Waals surface area contributed by atoms with Crippen molar-refractivity contribution in [2.45, 2.75) is 4.90 Å². The van der Waals surface area contributed by atoms with Crippen LogP contribution in [0.2, 0.25) is 0 Å². The molecule has 0 spiro atoms. The van der Waals surface area contributed by atoms with Crippen LogP contribution < -0.4 is 0 Å². The summed E-state index contributed by atoms with van der Waals surface area (Å²) in [6, 6.07) is 18.5. The molecule has 0 saturated heterocycles. The number of thioether (sulfide) groups is 1. The summed E-state index contributed by atoms with van der Waals surface area (Å²) in [6.45, 7) is 0. The lowest BCUT2D eigenvalue weighted by Gasteiger charge is -2.04. The maximum atomic E-state index is 8.99. The zero-order chi connectivity index (χ0) is 14.7. The van der Waals surface area contributed by atoms with E-state index in [-0.39, 0.29) is 0 Å². The normalized spacial score (nSPS) is 10.3. The van der Waals surface area contributed by atoms with Gasteiger partial charge in [-0.05, 0) is 29.5 Å². The summed E-state index contributed by atoms with van der Waals surface area (Å²) in [4.78, 5) is 1.25. The Morgan fingerprint density at radius 1 is 0.952 bits per heavy atom. The van der Waals surface area contributed by atoms with Crippen molar-refractivity contribution < 1.29 is 0 Å². The Labute approximate surface area is 126 Å². The summed E-state index contributed by atoms with van der Waals surface area (Å²) >= 11 is 1.73. The number of nitrogens with one attached hydrogen (secondary N) is 1. The zero-order valence-electron chi connectivity index (χ0n) is 11.4. The zero-order valence-corrected chi connectivity index (χ0v) is 12.2. The second-order valence-electron chi connectivity index (χ2n) is 4.45. The summed E-state index contributed by atoms with van der Waals surface area (Å²) in [5, 5.41) is 19.2. The molecule has 1 heterocycles. The van der Waals surface area contributed by atoms with E-state index in [2.05, 4.69) is 52.0 Å². The molecule has 0 amide bonds. The van der Waals surface area contributed by atoms with Crippen molar-refractivity contribution in [3.63, 3.8) is 0 Å². The van der Waals surface area contributed by atoms with Crippen molar-refractivity contribution in [2.75, 3.05) is 6.26 Å². The standard InChI is InChI=1S/C16H12N4S/c1-21-14-8-6-12(7-9-14)11-2-4-13(5-3-11)16-15(10-17)18-20-19-16/h2-9H,1H3,(H,18,19,20). The molecule has 4 nitrogen and oxygen atoms in total. The molecule has 1 aromatic heterocycles. The first kappa shape index (κ1) is 13.4. The van der Waals surface area contributed by atoms with Crippen molar-refractivity contribution in [1.29, 1.82) is 5.26 Å². The van der Waals surface area contributed by atoms with Crippen LogP contribution in [0.15, 0.2) is 53.4 Å². The third-order valence-corrected chi connectivity index (χ3v) is 3.99. The van der Waals surface area contributed by atoms with Crippen molar-refractivity contribution in [3.05, 3.63) is 54.2 Å². The third-order valence-electron chi connectivity index (χ3n) is 3.24. The molecule has 5 heteroatoms. The van der Waals surface area contributed by atoms with Crippen molar-refractivity contribution in [1.82, 2.24) is 15.4 Å². The number of nitriles is 1. The van der Waals surface area contributed by atoms with Crippen LogP contribution >= 0.6 is 11.8 Å². The van der Waals surface area contributed by atoms with Gasteiger partial charge in [0.05, 0.1) is 0 Å². The minimum atomic E-state index is 0.382. The lowest BCUT2D eigenvalue weighted by molar-refractivity contribution is 0.937. The molecule has 0 bridgehead atoms. The Bertz CT molecular complexity index is 782.